The lowest BCUT2D eigenvalue weighted by Gasteiger charge is -2.63. The maximum absolute atomic E-state index is 12.6. The van der Waals surface area contributed by atoms with Gasteiger partial charge in [0.25, 0.3) is 0 Å². The third-order valence-electron chi connectivity index (χ3n) is 21.1. The van der Waals surface area contributed by atoms with Crippen molar-refractivity contribution < 1.29 is 86.5 Å². The van der Waals surface area contributed by atoms with Crippen molar-refractivity contribution in [3.05, 3.63) is 0 Å². The average Bonchev–Trinajstić information content (AvgIpc) is 1.37. The lowest BCUT2D eigenvalue weighted by molar-refractivity contribution is -0.230. The van der Waals surface area contributed by atoms with Gasteiger partial charge in [-0.25, -0.2) is 43.1 Å². The number of aliphatic carboxylic acids is 1. The maximum Gasteiger partial charge on any atom is 0.312 e. The van der Waals surface area contributed by atoms with E-state index in [1.54, 1.807) is 18.0 Å². The minimum Gasteiger partial charge on any atom is -0.481 e. The summed E-state index contributed by atoms with van der Waals surface area (Å²) >= 11 is 0. The lowest BCUT2D eigenvalue weighted by atomic mass is 9.42. The van der Waals surface area contributed by atoms with Crippen LogP contribution in [0, 0.1) is 50.2 Å². The Bertz CT molecular complexity index is 3040. The Balaban J connectivity index is 0.000000186. The summed E-state index contributed by atoms with van der Waals surface area (Å²) < 4.78 is 123. The van der Waals surface area contributed by atoms with Crippen molar-refractivity contribution in [1.29, 1.82) is 0 Å². The number of esters is 4. The molecule has 87 heavy (non-hydrogen) atoms. The first-order chi connectivity index (χ1) is 39.6. The average molecular weight is 1310 g/mol. The molecule has 27 heteroatoms. The first-order valence-electron chi connectivity index (χ1n) is 31.2. The first kappa shape index (κ1) is 72.6. The minimum absolute atomic E-state index is 0.0239. The van der Waals surface area contributed by atoms with Crippen LogP contribution >= 0.6 is 0 Å². The van der Waals surface area contributed by atoms with Crippen molar-refractivity contribution in [1.82, 2.24) is 13.6 Å². The molecule has 9 atom stereocenters. The fourth-order valence-corrected chi connectivity index (χ4v) is 22.4. The van der Waals surface area contributed by atoms with Crippen LogP contribution in [0.2, 0.25) is 0 Å². The molecule has 1 amide bonds. The Morgan fingerprint density at radius 3 is 1.41 bits per heavy atom. The molecular weight excluding hydrogens is 1210 g/mol. The highest BCUT2D eigenvalue weighted by Crippen LogP contribution is 2.68. The summed E-state index contributed by atoms with van der Waals surface area (Å²) in [4.78, 5) is 73.4. The van der Waals surface area contributed by atoms with Crippen LogP contribution in [0.1, 0.15) is 231 Å². The number of fused-ring (bicyclic) bond motifs is 1. The zero-order chi connectivity index (χ0) is 65.8. The van der Waals surface area contributed by atoms with E-state index in [9.17, 15) is 67.5 Å². The molecule has 500 valence electrons. The van der Waals surface area contributed by atoms with Gasteiger partial charge in [0.05, 0.1) is 55.5 Å². The van der Waals surface area contributed by atoms with Gasteiger partial charge in [0.2, 0.25) is 46.0 Å². The largest absolute Gasteiger partial charge is 0.481 e. The van der Waals surface area contributed by atoms with Gasteiger partial charge in [-0.2, -0.15) is 0 Å². The molecule has 11 aliphatic rings. The van der Waals surface area contributed by atoms with E-state index in [1.165, 1.54) is 12.5 Å². The van der Waals surface area contributed by atoms with E-state index in [2.05, 4.69) is 9.44 Å². The standard InChI is InChI=1S/C18H27NO5.C17H29NO4S.C13H25NO4S.C12H21NO6S2/c1-4-15(2,3)14(23)24-18-7-11-5-16(9-18,12(19)20)8-17(6-11,10-18)13(21)22;1-5-15(2,3)14(19)22-17-9-12-6-13(10-17)8-16(7-12,11-17)18-23(4,20)21;1-5-13(2,3)12(15)18-11-8-6-10(7-9-11)14-19(4,16)17;1-4-12(2,3)11(14)19-8-5-6-9-10(7-8)21(17,18)13-20(9,15)16/h11H,4-10H2,1-3H3,(H2,19,20)(H,21,22);12-13,18H,5-11H2,1-4H3;10-11,14H,5-9H2,1-4H3;8-10,13H,4-7H2,1-3H3. The molecule has 0 radical (unpaired) electrons. The van der Waals surface area contributed by atoms with Crippen LogP contribution in [0.5, 0.6) is 0 Å². The second kappa shape index (κ2) is 25.5. The number of primary amides is 1. The highest BCUT2D eigenvalue weighted by atomic mass is 32.3. The number of carboxylic acid groups (broad SMARTS) is 1. The number of carbonyl (C=O) groups excluding carboxylic acids is 5. The Hall–Kier alpha value is -3.50. The molecule has 11 fully saturated rings. The molecule has 1 saturated heterocycles. The van der Waals surface area contributed by atoms with E-state index in [0.717, 1.165) is 70.6 Å². The zero-order valence-corrected chi connectivity index (χ0v) is 57.2. The molecule has 23 nitrogen and oxygen atoms in total. The number of hydrogen-bond donors (Lipinski definition) is 5. The van der Waals surface area contributed by atoms with Crippen LogP contribution in [0.3, 0.4) is 0 Å². The monoisotopic (exact) mass is 1310 g/mol. The van der Waals surface area contributed by atoms with Crippen molar-refractivity contribution >= 4 is 75.8 Å². The second-order valence-corrected chi connectivity index (χ2v) is 37.9. The number of sulfonamides is 4. The van der Waals surface area contributed by atoms with Crippen molar-refractivity contribution in [2.75, 3.05) is 12.5 Å². The number of nitrogens with two attached hydrogens (primary N) is 1. The van der Waals surface area contributed by atoms with Gasteiger partial charge in [0, 0.05) is 37.3 Å². The predicted molar refractivity (Wildman–Crippen MR) is 325 cm³/mol. The van der Waals surface area contributed by atoms with E-state index < -0.39 is 118 Å². The molecule has 11 rings (SSSR count). The van der Waals surface area contributed by atoms with Crippen LogP contribution in [0.15, 0.2) is 0 Å². The number of amides is 1. The summed E-state index contributed by atoms with van der Waals surface area (Å²) in [6, 6.07) is -0.0239. The van der Waals surface area contributed by atoms with Gasteiger partial charge in [-0.15, -0.1) is 4.13 Å². The van der Waals surface area contributed by atoms with E-state index in [1.807, 2.05) is 69.2 Å². The van der Waals surface area contributed by atoms with Crippen LogP contribution < -0.4 is 19.3 Å². The highest BCUT2D eigenvalue weighted by Gasteiger charge is 2.70. The zero-order valence-electron chi connectivity index (χ0n) is 53.9. The van der Waals surface area contributed by atoms with Crippen LogP contribution in [-0.4, -0.2) is 133 Å². The molecule has 0 aromatic carbocycles. The topological polar surface area (TPSA) is 358 Å². The predicted octanol–water partition coefficient (Wildman–Crippen LogP) is 7.20. The molecule has 10 saturated carbocycles. The van der Waals surface area contributed by atoms with Gasteiger partial charge in [-0.05, 0) is 195 Å². The number of ether oxygens (including phenoxy) is 4. The van der Waals surface area contributed by atoms with E-state index in [-0.39, 0.29) is 61.2 Å². The maximum atomic E-state index is 12.6. The number of nitrogens with one attached hydrogen (secondary N) is 3. The molecule has 1 heterocycles. The lowest BCUT2D eigenvalue weighted by Crippen LogP contribution is -2.66. The summed E-state index contributed by atoms with van der Waals surface area (Å²) in [5.41, 5.74) is -0.0905. The summed E-state index contributed by atoms with van der Waals surface area (Å²) in [5.74, 6) is -1.34. The Morgan fingerprint density at radius 2 is 0.954 bits per heavy atom. The van der Waals surface area contributed by atoms with E-state index >= 15 is 0 Å². The van der Waals surface area contributed by atoms with Crippen LogP contribution in [0.25, 0.3) is 0 Å². The summed E-state index contributed by atoms with van der Waals surface area (Å²) in [6.07, 6.45) is 16.0. The molecule has 9 unspecified atom stereocenters. The minimum atomic E-state index is -3.89. The highest BCUT2D eigenvalue weighted by molar-refractivity contribution is 8.08. The van der Waals surface area contributed by atoms with E-state index in [4.69, 9.17) is 24.7 Å². The third kappa shape index (κ3) is 17.0. The van der Waals surface area contributed by atoms with E-state index in [0.29, 0.717) is 69.6 Å². The van der Waals surface area contributed by atoms with Crippen molar-refractivity contribution in [2.24, 2.45) is 56.0 Å². The van der Waals surface area contributed by atoms with Gasteiger partial charge in [0.15, 0.2) is 0 Å². The van der Waals surface area contributed by atoms with Gasteiger partial charge < -0.3 is 29.8 Å². The van der Waals surface area contributed by atoms with Gasteiger partial charge >= 0.3 is 29.8 Å². The molecule has 0 spiro atoms. The molecule has 0 aromatic heterocycles. The second-order valence-electron chi connectivity index (χ2n) is 30.3. The molecule has 0 aromatic rings. The molecule has 10 aliphatic carbocycles. The molecular formula is C60H102N4O19S4. The van der Waals surface area contributed by atoms with Crippen LogP contribution in [0.4, 0.5) is 0 Å². The molecule has 8 bridgehead atoms. The summed E-state index contributed by atoms with van der Waals surface area (Å²) in [5, 5.41) is 7.87. The number of carbonyl (C=O) groups is 6. The SMILES string of the molecule is CCC(C)(C)C(=O)OC12CC3CC(C(N)=O)(C1)CC(C(=O)O)(C3)C2.CCC(C)(C)C(=O)OC12CC3CC(CC(NS(C)(=O)=O)(C3)C1)C2.CCC(C)(C)C(=O)OC1CCC(NS(C)(=O)=O)CC1.CCC(C)(C)C(=O)OC1CCC2C(C1)S(=O)(=O)NS2(=O)=O. The summed E-state index contributed by atoms with van der Waals surface area (Å²) in [6.45, 7) is 22.5. The molecule has 1 aliphatic heterocycles. The number of carboxylic acids is 1. The Labute approximate surface area is 517 Å². The van der Waals surface area contributed by atoms with Gasteiger partial charge in [-0.3, -0.25) is 28.8 Å². The fourth-order valence-electron chi connectivity index (χ4n) is 15.4. The Morgan fingerprint density at radius 1 is 0.529 bits per heavy atom. The first-order valence-corrected chi connectivity index (χ1v) is 38.1. The quantitative estimate of drug-likeness (QED) is 0.0669. The van der Waals surface area contributed by atoms with Crippen molar-refractivity contribution in [3.63, 3.8) is 0 Å². The van der Waals surface area contributed by atoms with Gasteiger partial charge in [-0.1, -0.05) is 27.7 Å². The summed E-state index contributed by atoms with van der Waals surface area (Å²) in [7, 11) is -14.1. The smallest absolute Gasteiger partial charge is 0.312 e. The number of rotatable bonds is 18. The normalized spacial score (nSPS) is 35.3. The van der Waals surface area contributed by atoms with Crippen molar-refractivity contribution in [2.45, 2.75) is 276 Å². The van der Waals surface area contributed by atoms with Crippen LogP contribution in [-0.2, 0) is 87.8 Å². The van der Waals surface area contributed by atoms with Crippen molar-refractivity contribution in [3.8, 4) is 0 Å². The Kier molecular flexibility index (Phi) is 21.3. The fraction of sp³-hybridized carbons (Fsp3) is 0.900. The third-order valence-corrected chi connectivity index (χ3v) is 27.4. The molecule has 6 N–H and O–H groups in total. The van der Waals surface area contributed by atoms with Gasteiger partial charge in [0.1, 0.15) is 23.4 Å². The number of hydrogen-bond acceptors (Lipinski definition) is 18.